The van der Waals surface area contributed by atoms with E-state index < -0.39 is 6.10 Å². The number of aliphatic hydroxyl groups is 1. The number of hydrogen-bond acceptors (Lipinski definition) is 5. The second-order valence-electron chi connectivity index (χ2n) is 10.1. The largest absolute Gasteiger partial charge is 0.389 e. The average Bonchev–Trinajstić information content (AvgIpc) is 2.93. The van der Waals surface area contributed by atoms with Gasteiger partial charge < -0.3 is 14.9 Å². The summed E-state index contributed by atoms with van der Waals surface area (Å²) in [5.74, 6) is 0. The summed E-state index contributed by atoms with van der Waals surface area (Å²) in [5.41, 5.74) is 8.78. The Morgan fingerprint density at radius 2 is 1.05 bits per heavy atom. The minimum atomic E-state index is -0.468. The number of β-amino-alcohol motifs (C(OH)–C–C–N with tert-alkyl or cyclic N) is 1. The van der Waals surface area contributed by atoms with Crippen LogP contribution in [-0.4, -0.2) is 47.4 Å². The molecule has 1 N–H and O–H groups in total. The standard InChI is InChI=1S/C31H30Br2N4O/c32-23-9-5-21(6-10-23)26-13-15-30-28(34-26)3-1-17-36(30)19-25(38)20-37-18-2-4-29-31(37)16-14-27(35-29)22-7-11-24(33)12-8-22/h5-16,25,38H,1-4,17-20H2. The van der Waals surface area contributed by atoms with E-state index in [4.69, 9.17) is 9.97 Å². The number of halogens is 2. The van der Waals surface area contributed by atoms with E-state index in [0.717, 1.165) is 93.0 Å². The number of aryl methyl sites for hydroxylation is 2. The number of rotatable bonds is 6. The zero-order chi connectivity index (χ0) is 26.1. The Morgan fingerprint density at radius 1 is 0.632 bits per heavy atom. The molecule has 5 nitrogen and oxygen atoms in total. The van der Waals surface area contributed by atoms with Gasteiger partial charge in [0, 0.05) is 46.3 Å². The molecule has 6 rings (SSSR count). The van der Waals surface area contributed by atoms with Crippen LogP contribution >= 0.6 is 31.9 Å². The van der Waals surface area contributed by atoms with E-state index in [9.17, 15) is 5.11 Å². The van der Waals surface area contributed by atoms with Crippen LogP contribution in [0.4, 0.5) is 11.4 Å². The minimum absolute atomic E-state index is 0.468. The van der Waals surface area contributed by atoms with Crippen molar-refractivity contribution in [3.05, 3.63) is 93.1 Å². The number of anilines is 2. The van der Waals surface area contributed by atoms with Crippen LogP contribution < -0.4 is 9.80 Å². The van der Waals surface area contributed by atoms with Gasteiger partial charge >= 0.3 is 0 Å². The highest BCUT2D eigenvalue weighted by atomic mass is 79.9. The van der Waals surface area contributed by atoms with Gasteiger partial charge in [0.05, 0.1) is 40.3 Å². The summed E-state index contributed by atoms with van der Waals surface area (Å²) in [7, 11) is 0. The van der Waals surface area contributed by atoms with Crippen molar-refractivity contribution in [3.63, 3.8) is 0 Å². The highest BCUT2D eigenvalue weighted by Gasteiger charge is 2.25. The molecule has 0 fully saturated rings. The molecule has 4 aromatic rings. The number of fused-ring (bicyclic) bond motifs is 2. The van der Waals surface area contributed by atoms with Crippen molar-refractivity contribution in [3.8, 4) is 22.5 Å². The molecule has 0 atom stereocenters. The van der Waals surface area contributed by atoms with Crippen molar-refractivity contribution in [1.29, 1.82) is 0 Å². The number of pyridine rings is 2. The zero-order valence-electron chi connectivity index (χ0n) is 21.2. The Hall–Kier alpha value is -2.74. The van der Waals surface area contributed by atoms with E-state index >= 15 is 0 Å². The fourth-order valence-corrected chi connectivity index (χ4v) is 6.08. The van der Waals surface area contributed by atoms with Crippen LogP contribution in [0.5, 0.6) is 0 Å². The van der Waals surface area contributed by atoms with Crippen molar-refractivity contribution in [1.82, 2.24) is 9.97 Å². The van der Waals surface area contributed by atoms with Gasteiger partial charge in [-0.3, -0.25) is 9.97 Å². The summed E-state index contributed by atoms with van der Waals surface area (Å²) in [6.07, 6.45) is 3.57. The van der Waals surface area contributed by atoms with E-state index in [1.165, 1.54) is 0 Å². The van der Waals surface area contributed by atoms with Crippen molar-refractivity contribution in [2.45, 2.75) is 31.8 Å². The molecule has 0 radical (unpaired) electrons. The molecule has 0 aliphatic carbocycles. The lowest BCUT2D eigenvalue weighted by Crippen LogP contribution is -2.43. The van der Waals surface area contributed by atoms with Crippen LogP contribution in [-0.2, 0) is 12.8 Å². The van der Waals surface area contributed by atoms with Crippen molar-refractivity contribution >= 4 is 43.2 Å². The van der Waals surface area contributed by atoms with Crippen LogP contribution in [0.15, 0.2) is 81.7 Å². The Labute approximate surface area is 240 Å². The number of aliphatic hydroxyl groups excluding tert-OH is 1. The molecule has 4 heterocycles. The van der Waals surface area contributed by atoms with Gasteiger partial charge in [0.25, 0.3) is 0 Å². The molecule has 0 unspecified atom stereocenters. The first kappa shape index (κ1) is 25.5. The Balaban J connectivity index is 1.15. The SMILES string of the molecule is OC(CN1CCCc2nc(-c3ccc(Br)cc3)ccc21)CN1CCCc2nc(-c3ccc(Br)cc3)ccc21. The molecule has 2 aliphatic rings. The van der Waals surface area contributed by atoms with Gasteiger partial charge in [0.2, 0.25) is 0 Å². The quantitative estimate of drug-likeness (QED) is 0.250. The van der Waals surface area contributed by atoms with E-state index in [2.05, 4.69) is 114 Å². The number of aromatic nitrogens is 2. The van der Waals surface area contributed by atoms with Crippen molar-refractivity contribution in [2.24, 2.45) is 0 Å². The third kappa shape index (κ3) is 5.51. The van der Waals surface area contributed by atoms with Crippen LogP contribution in [0.1, 0.15) is 24.2 Å². The zero-order valence-corrected chi connectivity index (χ0v) is 24.3. The summed E-state index contributed by atoms with van der Waals surface area (Å²) < 4.78 is 2.13. The second-order valence-corrected chi connectivity index (χ2v) is 11.9. The molecule has 38 heavy (non-hydrogen) atoms. The number of hydrogen-bond donors (Lipinski definition) is 1. The summed E-state index contributed by atoms with van der Waals surface area (Å²) in [6.45, 7) is 3.08. The monoisotopic (exact) mass is 632 g/mol. The lowest BCUT2D eigenvalue weighted by Gasteiger charge is -2.36. The average molecular weight is 634 g/mol. The van der Waals surface area contributed by atoms with Crippen LogP contribution in [0.25, 0.3) is 22.5 Å². The Bertz CT molecular complexity index is 1320. The predicted octanol–water partition coefficient (Wildman–Crippen LogP) is 6.90. The smallest absolute Gasteiger partial charge is 0.0889 e. The molecule has 0 spiro atoms. The van der Waals surface area contributed by atoms with Crippen LogP contribution in [0, 0.1) is 0 Å². The molecule has 2 aliphatic heterocycles. The number of benzene rings is 2. The maximum absolute atomic E-state index is 11.2. The second kappa shape index (κ2) is 11.2. The molecule has 2 aromatic heterocycles. The van der Waals surface area contributed by atoms with Gasteiger partial charge in [-0.25, -0.2) is 0 Å². The lowest BCUT2D eigenvalue weighted by atomic mass is 10.0. The highest BCUT2D eigenvalue weighted by Crippen LogP contribution is 2.32. The molecule has 194 valence electrons. The summed E-state index contributed by atoms with van der Waals surface area (Å²) in [4.78, 5) is 14.6. The third-order valence-corrected chi connectivity index (χ3v) is 8.46. The first-order valence-electron chi connectivity index (χ1n) is 13.2. The topological polar surface area (TPSA) is 52.5 Å². The van der Waals surface area contributed by atoms with Gasteiger partial charge in [-0.2, -0.15) is 0 Å². The Morgan fingerprint density at radius 3 is 1.47 bits per heavy atom. The molecule has 2 aromatic carbocycles. The lowest BCUT2D eigenvalue weighted by molar-refractivity contribution is 0.183. The van der Waals surface area contributed by atoms with Gasteiger partial charge in [0.15, 0.2) is 0 Å². The van der Waals surface area contributed by atoms with Gasteiger partial charge in [-0.1, -0.05) is 56.1 Å². The first-order chi connectivity index (χ1) is 18.5. The predicted molar refractivity (Wildman–Crippen MR) is 162 cm³/mol. The number of nitrogens with zero attached hydrogens (tertiary/aromatic N) is 4. The highest BCUT2D eigenvalue weighted by molar-refractivity contribution is 9.10. The molecule has 0 bridgehead atoms. The maximum atomic E-state index is 11.2. The maximum Gasteiger partial charge on any atom is 0.0889 e. The van der Waals surface area contributed by atoms with Crippen molar-refractivity contribution < 1.29 is 5.11 Å². The van der Waals surface area contributed by atoms with E-state index in [1.54, 1.807) is 0 Å². The fourth-order valence-electron chi connectivity index (χ4n) is 5.56. The normalized spacial score (nSPS) is 14.9. The van der Waals surface area contributed by atoms with Crippen molar-refractivity contribution in [2.75, 3.05) is 36.0 Å². The molecule has 7 heteroatoms. The van der Waals surface area contributed by atoms with E-state index in [0.29, 0.717) is 13.1 Å². The van der Waals surface area contributed by atoms with Crippen LogP contribution in [0.2, 0.25) is 0 Å². The minimum Gasteiger partial charge on any atom is -0.389 e. The van der Waals surface area contributed by atoms with Gasteiger partial charge in [-0.15, -0.1) is 0 Å². The third-order valence-electron chi connectivity index (χ3n) is 7.41. The van der Waals surface area contributed by atoms with Gasteiger partial charge in [0.1, 0.15) is 0 Å². The van der Waals surface area contributed by atoms with Gasteiger partial charge in [-0.05, 0) is 74.2 Å². The fraction of sp³-hybridized carbons (Fsp3) is 0.290. The molecule has 0 saturated heterocycles. The Kier molecular flexibility index (Phi) is 7.50. The summed E-state index contributed by atoms with van der Waals surface area (Å²) in [5, 5.41) is 11.2. The summed E-state index contributed by atoms with van der Waals surface area (Å²) in [6, 6.07) is 25.1. The molecule has 0 amide bonds. The first-order valence-corrected chi connectivity index (χ1v) is 14.8. The molecular weight excluding hydrogens is 604 g/mol. The van der Waals surface area contributed by atoms with E-state index in [-0.39, 0.29) is 0 Å². The van der Waals surface area contributed by atoms with E-state index in [1.807, 2.05) is 0 Å². The molecular formula is C31H30Br2N4O. The summed E-state index contributed by atoms with van der Waals surface area (Å²) >= 11 is 7.02. The molecule has 0 saturated carbocycles. The van der Waals surface area contributed by atoms with Crippen LogP contribution in [0.3, 0.4) is 0 Å².